The zero-order chi connectivity index (χ0) is 10.1. The van der Waals surface area contributed by atoms with E-state index in [1.54, 1.807) is 17.0 Å². The highest BCUT2D eigenvalue weighted by molar-refractivity contribution is 9.10. The predicted octanol–water partition coefficient (Wildman–Crippen LogP) is 2.12. The van der Waals surface area contributed by atoms with Gasteiger partial charge in [0.25, 0.3) is 0 Å². The molecule has 74 valence electrons. The standard InChI is InChI=1S/C9H8BrFN2O/c10-7-5-6(1-2-8(7)11)13-4-3-12-9(13)14/h1-2,5H,3-4H2,(H,12,14). The molecule has 1 aliphatic heterocycles. The number of urea groups is 1. The Balaban J connectivity index is 2.32. The zero-order valence-electron chi connectivity index (χ0n) is 7.26. The largest absolute Gasteiger partial charge is 0.336 e. The second-order valence-electron chi connectivity index (χ2n) is 2.98. The number of carbonyl (C=O) groups is 1. The minimum atomic E-state index is -0.326. The van der Waals surface area contributed by atoms with Crippen molar-refractivity contribution in [3.8, 4) is 0 Å². The monoisotopic (exact) mass is 258 g/mol. The fourth-order valence-corrected chi connectivity index (χ4v) is 1.74. The number of nitrogens with zero attached hydrogens (tertiary/aromatic N) is 1. The van der Waals surface area contributed by atoms with Crippen LogP contribution in [-0.4, -0.2) is 19.1 Å². The maximum Gasteiger partial charge on any atom is 0.321 e. The molecule has 14 heavy (non-hydrogen) atoms. The molecule has 1 aromatic rings. The molecule has 2 amide bonds. The van der Waals surface area contributed by atoms with E-state index in [-0.39, 0.29) is 11.8 Å². The molecule has 0 spiro atoms. The summed E-state index contributed by atoms with van der Waals surface area (Å²) < 4.78 is 13.3. The number of anilines is 1. The molecule has 2 rings (SSSR count). The summed E-state index contributed by atoms with van der Waals surface area (Å²) in [5, 5.41) is 2.68. The van der Waals surface area contributed by atoms with Gasteiger partial charge < -0.3 is 5.32 Å². The molecular weight excluding hydrogens is 251 g/mol. The fraction of sp³-hybridized carbons (Fsp3) is 0.222. The van der Waals surface area contributed by atoms with Crippen LogP contribution in [0.3, 0.4) is 0 Å². The normalized spacial score (nSPS) is 15.9. The van der Waals surface area contributed by atoms with Gasteiger partial charge in [-0.05, 0) is 34.1 Å². The van der Waals surface area contributed by atoms with Crippen LogP contribution in [0.25, 0.3) is 0 Å². The first kappa shape index (κ1) is 9.45. The van der Waals surface area contributed by atoms with Crippen molar-refractivity contribution in [3.05, 3.63) is 28.5 Å². The number of carbonyl (C=O) groups excluding carboxylic acids is 1. The molecule has 1 N–H and O–H groups in total. The van der Waals surface area contributed by atoms with Gasteiger partial charge in [0.2, 0.25) is 0 Å². The minimum absolute atomic E-state index is 0.136. The molecule has 0 aliphatic carbocycles. The van der Waals surface area contributed by atoms with Gasteiger partial charge in [0.15, 0.2) is 0 Å². The Kier molecular flexibility index (Phi) is 2.41. The molecule has 0 atom stereocenters. The number of hydrogen-bond donors (Lipinski definition) is 1. The molecule has 0 bridgehead atoms. The van der Waals surface area contributed by atoms with Crippen molar-refractivity contribution in [2.45, 2.75) is 0 Å². The summed E-state index contributed by atoms with van der Waals surface area (Å²) in [5.74, 6) is -0.326. The average Bonchev–Trinajstić information content (AvgIpc) is 2.57. The Morgan fingerprint density at radius 2 is 2.29 bits per heavy atom. The van der Waals surface area contributed by atoms with E-state index in [1.807, 2.05) is 0 Å². The van der Waals surface area contributed by atoms with Crippen LogP contribution in [0.5, 0.6) is 0 Å². The maximum absolute atomic E-state index is 12.9. The second kappa shape index (κ2) is 3.57. The first-order valence-electron chi connectivity index (χ1n) is 4.19. The number of rotatable bonds is 1. The fourth-order valence-electron chi connectivity index (χ4n) is 1.37. The van der Waals surface area contributed by atoms with Gasteiger partial charge in [-0.25, -0.2) is 9.18 Å². The lowest BCUT2D eigenvalue weighted by Gasteiger charge is -2.14. The second-order valence-corrected chi connectivity index (χ2v) is 3.84. The van der Waals surface area contributed by atoms with Gasteiger partial charge in [-0.15, -0.1) is 0 Å². The van der Waals surface area contributed by atoms with E-state index in [1.165, 1.54) is 6.07 Å². The van der Waals surface area contributed by atoms with E-state index in [0.29, 0.717) is 23.2 Å². The number of nitrogens with one attached hydrogen (secondary N) is 1. The van der Waals surface area contributed by atoms with Crippen molar-refractivity contribution < 1.29 is 9.18 Å². The van der Waals surface area contributed by atoms with E-state index >= 15 is 0 Å². The van der Waals surface area contributed by atoms with Gasteiger partial charge in [-0.2, -0.15) is 0 Å². The molecule has 1 saturated heterocycles. The Morgan fingerprint density at radius 3 is 2.86 bits per heavy atom. The summed E-state index contributed by atoms with van der Waals surface area (Å²) in [6, 6.07) is 4.39. The first-order chi connectivity index (χ1) is 6.68. The summed E-state index contributed by atoms with van der Waals surface area (Å²) in [5.41, 5.74) is 0.702. The smallest absolute Gasteiger partial charge is 0.321 e. The lowest BCUT2D eigenvalue weighted by molar-refractivity contribution is 0.252. The quantitative estimate of drug-likeness (QED) is 0.823. The summed E-state index contributed by atoms with van der Waals surface area (Å²) in [4.78, 5) is 12.9. The molecule has 0 unspecified atom stereocenters. The number of benzene rings is 1. The number of halogens is 2. The molecule has 3 nitrogen and oxygen atoms in total. The molecule has 1 fully saturated rings. The lowest BCUT2D eigenvalue weighted by Crippen LogP contribution is -2.27. The summed E-state index contributed by atoms with van der Waals surface area (Å²) >= 11 is 3.08. The van der Waals surface area contributed by atoms with E-state index in [9.17, 15) is 9.18 Å². The van der Waals surface area contributed by atoms with Crippen molar-refractivity contribution >= 4 is 27.6 Å². The van der Waals surface area contributed by atoms with Gasteiger partial charge in [0, 0.05) is 18.8 Å². The molecule has 1 aliphatic rings. The molecular formula is C9H8BrFN2O. The van der Waals surface area contributed by atoms with E-state index in [2.05, 4.69) is 21.2 Å². The predicted molar refractivity (Wildman–Crippen MR) is 54.8 cm³/mol. The zero-order valence-corrected chi connectivity index (χ0v) is 8.84. The third-order valence-electron chi connectivity index (χ3n) is 2.07. The Hall–Kier alpha value is -1.10. The highest BCUT2D eigenvalue weighted by Gasteiger charge is 2.21. The van der Waals surface area contributed by atoms with Gasteiger partial charge >= 0.3 is 6.03 Å². The van der Waals surface area contributed by atoms with Crippen molar-refractivity contribution in [2.75, 3.05) is 18.0 Å². The van der Waals surface area contributed by atoms with Crippen LogP contribution in [-0.2, 0) is 0 Å². The first-order valence-corrected chi connectivity index (χ1v) is 4.98. The molecule has 5 heteroatoms. The van der Waals surface area contributed by atoms with Crippen LogP contribution >= 0.6 is 15.9 Å². The molecule has 0 aromatic heterocycles. The Bertz CT molecular complexity index is 383. The topological polar surface area (TPSA) is 32.3 Å². The third-order valence-corrected chi connectivity index (χ3v) is 2.68. The Morgan fingerprint density at radius 1 is 1.50 bits per heavy atom. The van der Waals surface area contributed by atoms with Crippen molar-refractivity contribution in [3.63, 3.8) is 0 Å². The average molecular weight is 259 g/mol. The molecule has 0 saturated carbocycles. The number of amides is 2. The molecule has 1 aromatic carbocycles. The summed E-state index contributed by atoms with van der Waals surface area (Å²) in [6.07, 6.45) is 0. The van der Waals surface area contributed by atoms with E-state index in [0.717, 1.165) is 0 Å². The van der Waals surface area contributed by atoms with Gasteiger partial charge in [0.05, 0.1) is 4.47 Å². The van der Waals surface area contributed by atoms with Crippen molar-refractivity contribution in [2.24, 2.45) is 0 Å². The molecule has 0 radical (unpaired) electrons. The highest BCUT2D eigenvalue weighted by atomic mass is 79.9. The summed E-state index contributed by atoms with van der Waals surface area (Å²) in [7, 11) is 0. The third kappa shape index (κ3) is 1.59. The van der Waals surface area contributed by atoms with Crippen LogP contribution in [0, 0.1) is 5.82 Å². The van der Waals surface area contributed by atoms with Crippen LogP contribution in [0.4, 0.5) is 14.9 Å². The lowest BCUT2D eigenvalue weighted by atomic mass is 10.3. The van der Waals surface area contributed by atoms with Crippen molar-refractivity contribution in [1.29, 1.82) is 0 Å². The van der Waals surface area contributed by atoms with Gasteiger partial charge in [-0.3, -0.25) is 4.90 Å². The van der Waals surface area contributed by atoms with E-state index in [4.69, 9.17) is 0 Å². The van der Waals surface area contributed by atoms with Crippen LogP contribution in [0.15, 0.2) is 22.7 Å². The Labute approximate surface area is 89.0 Å². The molecule has 1 heterocycles. The SMILES string of the molecule is O=C1NCCN1c1ccc(F)c(Br)c1. The van der Waals surface area contributed by atoms with Crippen molar-refractivity contribution in [1.82, 2.24) is 5.32 Å². The number of hydrogen-bond acceptors (Lipinski definition) is 1. The van der Waals surface area contributed by atoms with Crippen LogP contribution in [0.2, 0.25) is 0 Å². The highest BCUT2D eigenvalue weighted by Crippen LogP contribution is 2.23. The van der Waals surface area contributed by atoms with Crippen LogP contribution < -0.4 is 10.2 Å². The van der Waals surface area contributed by atoms with Gasteiger partial charge in [0.1, 0.15) is 5.82 Å². The minimum Gasteiger partial charge on any atom is -0.336 e. The van der Waals surface area contributed by atoms with Crippen LogP contribution in [0.1, 0.15) is 0 Å². The summed E-state index contributed by atoms with van der Waals surface area (Å²) in [6.45, 7) is 1.25. The van der Waals surface area contributed by atoms with Gasteiger partial charge in [-0.1, -0.05) is 0 Å². The maximum atomic E-state index is 12.9. The van der Waals surface area contributed by atoms with E-state index < -0.39 is 0 Å².